The van der Waals surface area contributed by atoms with Crippen LogP contribution in [0, 0.1) is 8.99 Å². The summed E-state index contributed by atoms with van der Waals surface area (Å²) in [4.78, 5) is 4.18. The van der Waals surface area contributed by atoms with E-state index >= 15 is 0 Å². The molecule has 70 valence electrons. The molecule has 0 saturated heterocycles. The fourth-order valence-corrected chi connectivity index (χ4v) is 1.37. The van der Waals surface area contributed by atoms with Gasteiger partial charge in [0.05, 0.1) is 6.61 Å². The second kappa shape index (κ2) is 3.44. The first-order valence-corrected chi connectivity index (χ1v) is 5.50. The molecular weight excluding hydrogens is 277 g/mol. The smallest absolute Gasteiger partial charge is 0.213 e. The Hall–Kier alpha value is -0.320. The van der Waals surface area contributed by atoms with E-state index in [1.54, 1.807) is 0 Å². The highest BCUT2D eigenvalue weighted by Crippen LogP contribution is 2.44. The fourth-order valence-electron chi connectivity index (χ4n) is 1.05. The zero-order valence-corrected chi connectivity index (χ0v) is 9.74. The van der Waals surface area contributed by atoms with Crippen LogP contribution in [0.25, 0.3) is 0 Å². The molecule has 13 heavy (non-hydrogen) atoms. The molecule has 1 aliphatic rings. The van der Waals surface area contributed by atoms with E-state index < -0.39 is 0 Å². The summed E-state index contributed by atoms with van der Waals surface area (Å²) in [5, 5.41) is 0. The number of hydrogen-bond donors (Lipinski definition) is 0. The molecule has 1 fully saturated rings. The first kappa shape index (κ1) is 9.24. The fraction of sp³-hybridized carbons (Fsp3) is 0.500. The highest BCUT2D eigenvalue weighted by molar-refractivity contribution is 14.1. The van der Waals surface area contributed by atoms with Gasteiger partial charge in [0.2, 0.25) is 5.88 Å². The van der Waals surface area contributed by atoms with Crippen LogP contribution in [0.2, 0.25) is 0 Å². The highest BCUT2D eigenvalue weighted by atomic mass is 127. The van der Waals surface area contributed by atoms with Gasteiger partial charge < -0.3 is 4.74 Å². The van der Waals surface area contributed by atoms with Crippen molar-refractivity contribution in [1.82, 2.24) is 4.98 Å². The predicted molar refractivity (Wildman–Crippen MR) is 59.8 cm³/mol. The van der Waals surface area contributed by atoms with Crippen LogP contribution in [-0.2, 0) is 0 Å². The number of rotatable bonds is 3. The largest absolute Gasteiger partial charge is 0.477 e. The van der Waals surface area contributed by atoms with Crippen molar-refractivity contribution >= 4 is 22.6 Å². The van der Waals surface area contributed by atoms with E-state index in [0.717, 1.165) is 16.1 Å². The van der Waals surface area contributed by atoms with E-state index in [2.05, 4.69) is 34.5 Å². The van der Waals surface area contributed by atoms with Gasteiger partial charge in [0.15, 0.2) is 0 Å². The Labute approximate surface area is 91.8 Å². The molecule has 0 N–H and O–H groups in total. The minimum atomic E-state index is 0.435. The lowest BCUT2D eigenvalue weighted by Crippen LogP contribution is -2.09. The van der Waals surface area contributed by atoms with Gasteiger partial charge in [-0.1, -0.05) is 6.92 Å². The second-order valence-corrected chi connectivity index (χ2v) is 5.16. The molecule has 2 nitrogen and oxygen atoms in total. The van der Waals surface area contributed by atoms with Crippen LogP contribution in [0.3, 0.4) is 0 Å². The van der Waals surface area contributed by atoms with Gasteiger partial charge >= 0.3 is 0 Å². The van der Waals surface area contributed by atoms with Gasteiger partial charge in [-0.3, -0.25) is 0 Å². The number of pyridine rings is 1. The van der Waals surface area contributed by atoms with Crippen molar-refractivity contribution in [2.75, 3.05) is 6.61 Å². The SMILES string of the molecule is CC1(COc2ccc(I)cn2)CC1. The Kier molecular flexibility index (Phi) is 2.45. The van der Waals surface area contributed by atoms with Crippen LogP contribution >= 0.6 is 22.6 Å². The summed E-state index contributed by atoms with van der Waals surface area (Å²) < 4.78 is 6.71. The third-order valence-electron chi connectivity index (χ3n) is 2.37. The van der Waals surface area contributed by atoms with E-state index in [0.29, 0.717) is 5.41 Å². The van der Waals surface area contributed by atoms with E-state index in [4.69, 9.17) is 4.74 Å². The normalized spacial score (nSPS) is 18.3. The summed E-state index contributed by atoms with van der Waals surface area (Å²) >= 11 is 2.24. The van der Waals surface area contributed by atoms with Crippen LogP contribution in [0.15, 0.2) is 18.3 Å². The lowest BCUT2D eigenvalue weighted by Gasteiger charge is -2.09. The molecule has 1 saturated carbocycles. The number of nitrogens with zero attached hydrogens (tertiary/aromatic N) is 1. The number of aromatic nitrogens is 1. The Morgan fingerprint density at radius 2 is 2.31 bits per heavy atom. The van der Waals surface area contributed by atoms with Crippen molar-refractivity contribution in [2.45, 2.75) is 19.8 Å². The summed E-state index contributed by atoms with van der Waals surface area (Å²) in [5.74, 6) is 0.744. The molecule has 0 unspecified atom stereocenters. The van der Waals surface area contributed by atoms with Crippen molar-refractivity contribution in [2.24, 2.45) is 5.41 Å². The third kappa shape index (κ3) is 2.56. The third-order valence-corrected chi connectivity index (χ3v) is 3.01. The summed E-state index contributed by atoms with van der Waals surface area (Å²) in [5.41, 5.74) is 0.435. The lowest BCUT2D eigenvalue weighted by molar-refractivity contribution is 0.239. The van der Waals surface area contributed by atoms with Gasteiger partial charge in [0, 0.05) is 21.2 Å². The zero-order valence-electron chi connectivity index (χ0n) is 7.59. The molecule has 2 rings (SSSR count). The van der Waals surface area contributed by atoms with Crippen LogP contribution in [-0.4, -0.2) is 11.6 Å². The van der Waals surface area contributed by atoms with Gasteiger partial charge in [-0.2, -0.15) is 0 Å². The van der Waals surface area contributed by atoms with E-state index in [1.165, 1.54) is 12.8 Å². The molecule has 1 aliphatic carbocycles. The molecule has 0 aliphatic heterocycles. The zero-order chi connectivity index (χ0) is 9.31. The molecule has 3 heteroatoms. The van der Waals surface area contributed by atoms with Gasteiger partial charge in [-0.25, -0.2) is 4.98 Å². The average molecular weight is 289 g/mol. The summed E-state index contributed by atoms with van der Waals surface area (Å²) in [7, 11) is 0. The number of hydrogen-bond acceptors (Lipinski definition) is 2. The molecule has 0 aromatic carbocycles. The number of halogens is 1. The van der Waals surface area contributed by atoms with Crippen molar-refractivity contribution in [3.63, 3.8) is 0 Å². The maximum Gasteiger partial charge on any atom is 0.213 e. The first-order chi connectivity index (χ1) is 6.18. The second-order valence-electron chi connectivity index (χ2n) is 3.91. The molecule has 0 bridgehead atoms. The van der Waals surface area contributed by atoms with Gasteiger partial charge in [-0.15, -0.1) is 0 Å². The van der Waals surface area contributed by atoms with Crippen LogP contribution in [0.5, 0.6) is 5.88 Å². The van der Waals surface area contributed by atoms with Crippen molar-refractivity contribution in [3.8, 4) is 5.88 Å². The topological polar surface area (TPSA) is 22.1 Å². The Bertz CT molecular complexity index is 292. The van der Waals surface area contributed by atoms with Crippen LogP contribution in [0.4, 0.5) is 0 Å². The van der Waals surface area contributed by atoms with Gasteiger partial charge in [0.1, 0.15) is 0 Å². The minimum Gasteiger partial charge on any atom is -0.477 e. The van der Waals surface area contributed by atoms with Crippen LogP contribution in [0.1, 0.15) is 19.8 Å². The minimum absolute atomic E-state index is 0.435. The molecule has 1 aromatic heterocycles. The monoisotopic (exact) mass is 289 g/mol. The molecule has 0 atom stereocenters. The average Bonchev–Trinajstić information content (AvgIpc) is 2.84. The molecular formula is C10H12INO. The summed E-state index contributed by atoms with van der Waals surface area (Å²) in [6, 6.07) is 3.94. The molecule has 0 radical (unpaired) electrons. The van der Waals surface area contributed by atoms with Crippen molar-refractivity contribution in [1.29, 1.82) is 0 Å². The maximum atomic E-state index is 5.57. The van der Waals surface area contributed by atoms with Crippen molar-refractivity contribution in [3.05, 3.63) is 21.9 Å². The standard InChI is InChI=1S/C10H12INO/c1-10(4-5-10)7-13-9-3-2-8(11)6-12-9/h2-3,6H,4-5,7H2,1H3. The molecule has 0 spiro atoms. The highest BCUT2D eigenvalue weighted by Gasteiger charge is 2.38. The maximum absolute atomic E-state index is 5.57. The van der Waals surface area contributed by atoms with Crippen LogP contribution < -0.4 is 4.74 Å². The Morgan fingerprint density at radius 1 is 1.54 bits per heavy atom. The Morgan fingerprint density at radius 3 is 2.85 bits per heavy atom. The van der Waals surface area contributed by atoms with Crippen molar-refractivity contribution < 1.29 is 4.74 Å². The van der Waals surface area contributed by atoms with E-state index in [-0.39, 0.29) is 0 Å². The molecule has 0 amide bonds. The van der Waals surface area contributed by atoms with Gasteiger partial charge in [-0.05, 0) is 41.5 Å². The first-order valence-electron chi connectivity index (χ1n) is 4.42. The summed E-state index contributed by atoms with van der Waals surface area (Å²) in [6.45, 7) is 3.06. The lowest BCUT2D eigenvalue weighted by atomic mass is 10.2. The van der Waals surface area contributed by atoms with E-state index in [1.807, 2.05) is 18.3 Å². The Balaban J connectivity index is 1.91. The van der Waals surface area contributed by atoms with Gasteiger partial charge in [0.25, 0.3) is 0 Å². The molecule has 1 heterocycles. The van der Waals surface area contributed by atoms with E-state index in [9.17, 15) is 0 Å². The predicted octanol–water partition coefficient (Wildman–Crippen LogP) is 2.87. The number of ether oxygens (including phenoxy) is 1. The molecule has 1 aromatic rings. The summed E-state index contributed by atoms with van der Waals surface area (Å²) in [6.07, 6.45) is 4.40. The quantitative estimate of drug-likeness (QED) is 0.798.